The molecule has 162 valence electrons. The van der Waals surface area contributed by atoms with E-state index in [0.29, 0.717) is 0 Å². The first-order valence-electron chi connectivity index (χ1n) is 10.6. The number of halogens is 1. The van der Waals surface area contributed by atoms with Crippen molar-refractivity contribution in [1.29, 1.82) is 0 Å². The standard InChI is InChI=1S/C24H26FN3O3/c1-14-3-10-21(20(25)11-14)28-13-18(12-22(28)29)24(31)26-15(2)16-6-8-19(9-7-16)27-23(30)17-4-5-17/h3,6-11,15,17-18H,4-5,12-13H2,1-2H3,(H,26,31)(H,27,30). The Kier molecular flexibility index (Phi) is 5.76. The third kappa shape index (κ3) is 4.76. The number of rotatable bonds is 6. The van der Waals surface area contributed by atoms with Crippen LogP contribution in [0.1, 0.15) is 43.4 Å². The smallest absolute Gasteiger partial charge is 0.227 e. The van der Waals surface area contributed by atoms with Gasteiger partial charge in [-0.25, -0.2) is 4.39 Å². The summed E-state index contributed by atoms with van der Waals surface area (Å²) in [5, 5.41) is 5.83. The van der Waals surface area contributed by atoms with Gasteiger partial charge >= 0.3 is 0 Å². The molecule has 1 heterocycles. The number of amides is 3. The third-order valence-corrected chi connectivity index (χ3v) is 5.87. The highest BCUT2D eigenvalue weighted by atomic mass is 19.1. The monoisotopic (exact) mass is 423 g/mol. The van der Waals surface area contributed by atoms with E-state index in [1.807, 2.05) is 31.2 Å². The summed E-state index contributed by atoms with van der Waals surface area (Å²) in [4.78, 5) is 38.4. The van der Waals surface area contributed by atoms with Gasteiger partial charge in [-0.2, -0.15) is 0 Å². The van der Waals surface area contributed by atoms with Crippen molar-refractivity contribution >= 4 is 29.1 Å². The molecule has 2 aromatic carbocycles. The molecule has 1 aliphatic heterocycles. The summed E-state index contributed by atoms with van der Waals surface area (Å²) in [6.07, 6.45) is 1.95. The number of hydrogen-bond acceptors (Lipinski definition) is 3. The van der Waals surface area contributed by atoms with E-state index in [1.165, 1.54) is 11.0 Å². The van der Waals surface area contributed by atoms with E-state index in [2.05, 4.69) is 10.6 Å². The van der Waals surface area contributed by atoms with Crippen LogP contribution in [0, 0.1) is 24.6 Å². The summed E-state index contributed by atoms with van der Waals surface area (Å²) in [5.74, 6) is -1.30. The lowest BCUT2D eigenvalue weighted by atomic mass is 10.0. The molecule has 3 amide bonds. The average molecular weight is 423 g/mol. The molecule has 0 spiro atoms. The molecule has 6 nitrogen and oxygen atoms in total. The predicted molar refractivity (Wildman–Crippen MR) is 116 cm³/mol. The minimum Gasteiger partial charge on any atom is -0.349 e. The minimum atomic E-state index is -0.534. The topological polar surface area (TPSA) is 78.5 Å². The molecule has 1 saturated carbocycles. The van der Waals surface area contributed by atoms with Gasteiger partial charge in [-0.1, -0.05) is 18.2 Å². The van der Waals surface area contributed by atoms with Crippen LogP contribution in [-0.4, -0.2) is 24.3 Å². The quantitative estimate of drug-likeness (QED) is 0.744. The Morgan fingerprint density at radius 3 is 2.42 bits per heavy atom. The second-order valence-electron chi connectivity index (χ2n) is 8.48. The van der Waals surface area contributed by atoms with Gasteiger partial charge in [0.1, 0.15) is 5.82 Å². The van der Waals surface area contributed by atoms with Gasteiger partial charge in [-0.15, -0.1) is 0 Å². The van der Waals surface area contributed by atoms with E-state index in [-0.39, 0.29) is 48.3 Å². The van der Waals surface area contributed by atoms with E-state index in [0.717, 1.165) is 29.7 Å². The van der Waals surface area contributed by atoms with Crippen LogP contribution in [0.3, 0.4) is 0 Å². The maximum atomic E-state index is 14.3. The summed E-state index contributed by atoms with van der Waals surface area (Å²) in [5.41, 5.74) is 2.61. The van der Waals surface area contributed by atoms with E-state index < -0.39 is 11.7 Å². The zero-order chi connectivity index (χ0) is 22.1. The van der Waals surface area contributed by atoms with Crippen LogP contribution in [0.15, 0.2) is 42.5 Å². The number of nitrogens with one attached hydrogen (secondary N) is 2. The van der Waals surface area contributed by atoms with Crippen LogP contribution < -0.4 is 15.5 Å². The van der Waals surface area contributed by atoms with Crippen molar-refractivity contribution < 1.29 is 18.8 Å². The normalized spacial score (nSPS) is 19.3. The molecule has 2 aliphatic rings. The second-order valence-corrected chi connectivity index (χ2v) is 8.48. The van der Waals surface area contributed by atoms with Crippen molar-refractivity contribution in [3.63, 3.8) is 0 Å². The summed E-state index contributed by atoms with van der Waals surface area (Å²) in [6, 6.07) is 11.8. The van der Waals surface area contributed by atoms with Crippen LogP contribution in [0.2, 0.25) is 0 Å². The molecule has 0 radical (unpaired) electrons. The zero-order valence-electron chi connectivity index (χ0n) is 17.7. The van der Waals surface area contributed by atoms with Crippen LogP contribution in [0.5, 0.6) is 0 Å². The molecule has 7 heteroatoms. The number of nitrogens with zero attached hydrogens (tertiary/aromatic N) is 1. The van der Waals surface area contributed by atoms with Crippen LogP contribution in [0.4, 0.5) is 15.8 Å². The van der Waals surface area contributed by atoms with Gasteiger partial charge in [0, 0.05) is 24.6 Å². The van der Waals surface area contributed by atoms with Gasteiger partial charge in [-0.3, -0.25) is 14.4 Å². The average Bonchev–Trinajstić information content (AvgIpc) is 3.51. The van der Waals surface area contributed by atoms with Crippen LogP contribution in [0.25, 0.3) is 0 Å². The SMILES string of the molecule is Cc1ccc(N2CC(C(=O)NC(C)c3ccc(NC(=O)C4CC4)cc3)CC2=O)c(F)c1. The first kappa shape index (κ1) is 21.0. The fourth-order valence-electron chi connectivity index (χ4n) is 3.81. The van der Waals surface area contributed by atoms with E-state index in [9.17, 15) is 18.8 Å². The van der Waals surface area contributed by atoms with Crippen molar-refractivity contribution in [3.05, 3.63) is 59.4 Å². The third-order valence-electron chi connectivity index (χ3n) is 5.87. The Hall–Kier alpha value is -3.22. The van der Waals surface area contributed by atoms with E-state index in [4.69, 9.17) is 0 Å². The van der Waals surface area contributed by atoms with Gasteiger partial charge in [0.15, 0.2) is 0 Å². The highest BCUT2D eigenvalue weighted by molar-refractivity contribution is 6.00. The number of hydrogen-bond donors (Lipinski definition) is 2. The second kappa shape index (κ2) is 8.49. The summed E-state index contributed by atoms with van der Waals surface area (Å²) >= 11 is 0. The summed E-state index contributed by atoms with van der Waals surface area (Å²) in [7, 11) is 0. The first-order chi connectivity index (χ1) is 14.8. The van der Waals surface area contributed by atoms with Gasteiger partial charge in [0.05, 0.1) is 17.6 Å². The van der Waals surface area contributed by atoms with Crippen molar-refractivity contribution in [2.45, 2.75) is 39.2 Å². The highest BCUT2D eigenvalue weighted by Gasteiger charge is 2.36. The van der Waals surface area contributed by atoms with Crippen molar-refractivity contribution in [2.75, 3.05) is 16.8 Å². The fourth-order valence-corrected chi connectivity index (χ4v) is 3.81. The lowest BCUT2D eigenvalue weighted by molar-refractivity contribution is -0.126. The number of aryl methyl sites for hydroxylation is 1. The predicted octanol–water partition coefficient (Wildman–Crippen LogP) is 3.71. The van der Waals surface area contributed by atoms with Gasteiger partial charge in [-0.05, 0) is 62.1 Å². The van der Waals surface area contributed by atoms with E-state index >= 15 is 0 Å². The lowest BCUT2D eigenvalue weighted by Crippen LogP contribution is -2.34. The van der Waals surface area contributed by atoms with Crippen LogP contribution >= 0.6 is 0 Å². The molecule has 31 heavy (non-hydrogen) atoms. The van der Waals surface area contributed by atoms with Crippen molar-refractivity contribution in [1.82, 2.24) is 5.32 Å². The molecule has 2 aromatic rings. The van der Waals surface area contributed by atoms with Gasteiger partial charge in [0.25, 0.3) is 0 Å². The lowest BCUT2D eigenvalue weighted by Gasteiger charge is -2.19. The first-order valence-corrected chi connectivity index (χ1v) is 10.6. The Morgan fingerprint density at radius 2 is 1.77 bits per heavy atom. The molecule has 1 saturated heterocycles. The molecule has 2 atom stereocenters. The Morgan fingerprint density at radius 1 is 1.06 bits per heavy atom. The summed E-state index contributed by atoms with van der Waals surface area (Å²) < 4.78 is 14.3. The Bertz CT molecular complexity index is 1020. The zero-order valence-corrected chi connectivity index (χ0v) is 17.7. The number of anilines is 2. The van der Waals surface area contributed by atoms with Crippen molar-refractivity contribution in [3.8, 4) is 0 Å². The molecule has 2 unspecified atom stereocenters. The number of benzene rings is 2. The number of carbonyl (C=O) groups excluding carboxylic acids is 3. The Labute approximate surface area is 180 Å². The summed E-state index contributed by atoms with van der Waals surface area (Å²) in [6.45, 7) is 3.80. The maximum Gasteiger partial charge on any atom is 0.227 e. The highest BCUT2D eigenvalue weighted by Crippen LogP contribution is 2.31. The van der Waals surface area contributed by atoms with Crippen LogP contribution in [-0.2, 0) is 14.4 Å². The minimum absolute atomic E-state index is 0.0505. The molecular weight excluding hydrogens is 397 g/mol. The molecular formula is C24H26FN3O3. The van der Waals surface area contributed by atoms with Gasteiger partial charge < -0.3 is 15.5 Å². The maximum absolute atomic E-state index is 14.3. The fraction of sp³-hybridized carbons (Fsp3) is 0.375. The number of carbonyl (C=O) groups is 3. The molecule has 2 fully saturated rings. The Balaban J connectivity index is 1.35. The van der Waals surface area contributed by atoms with Gasteiger partial charge in [0.2, 0.25) is 17.7 Å². The molecule has 1 aliphatic carbocycles. The van der Waals surface area contributed by atoms with E-state index in [1.54, 1.807) is 19.1 Å². The molecule has 4 rings (SSSR count). The van der Waals surface area contributed by atoms with Crippen molar-refractivity contribution in [2.24, 2.45) is 11.8 Å². The molecule has 0 bridgehead atoms. The largest absolute Gasteiger partial charge is 0.349 e. The molecule has 2 N–H and O–H groups in total. The molecule has 0 aromatic heterocycles.